The van der Waals surface area contributed by atoms with Gasteiger partial charge in [-0.3, -0.25) is 0 Å². The lowest BCUT2D eigenvalue weighted by molar-refractivity contribution is 0.166. The summed E-state index contributed by atoms with van der Waals surface area (Å²) in [5.74, 6) is -0.0823. The zero-order chi connectivity index (χ0) is 14.2. The highest BCUT2D eigenvalue weighted by atomic mass is 16.3. The minimum Gasteiger partial charge on any atom is -0.396 e. The molecule has 2 N–H and O–H groups in total. The average Bonchev–Trinajstić information content (AvgIpc) is 2.52. The molecule has 2 nitrogen and oxygen atoms in total. The highest BCUT2D eigenvalue weighted by Crippen LogP contribution is 2.24. The number of benzene rings is 2. The van der Waals surface area contributed by atoms with Gasteiger partial charge >= 0.3 is 0 Å². The molecule has 104 valence electrons. The molecule has 0 amide bonds. The van der Waals surface area contributed by atoms with E-state index in [0.29, 0.717) is 6.42 Å². The van der Waals surface area contributed by atoms with Crippen LogP contribution < -0.4 is 0 Å². The molecule has 2 heteroatoms. The van der Waals surface area contributed by atoms with Gasteiger partial charge in [-0.05, 0) is 17.5 Å². The lowest BCUT2D eigenvalue weighted by atomic mass is 9.90. The van der Waals surface area contributed by atoms with E-state index in [4.69, 9.17) is 0 Å². The van der Waals surface area contributed by atoms with Crippen molar-refractivity contribution in [3.63, 3.8) is 0 Å². The third kappa shape index (κ3) is 4.05. The van der Waals surface area contributed by atoms with Crippen molar-refractivity contribution in [3.05, 3.63) is 77.9 Å². The standard InChI is InChI=1S/C18H20O2/c19-14-13-17(16-9-5-2-6-10-16)18(20)12-11-15-7-3-1-4-8-15/h1-12,17-20H,13-14H2/b12-11+. The van der Waals surface area contributed by atoms with Crippen molar-refractivity contribution < 1.29 is 10.2 Å². The molecule has 2 unspecified atom stereocenters. The Hall–Kier alpha value is -1.90. The van der Waals surface area contributed by atoms with Crippen LogP contribution in [0, 0.1) is 0 Å². The summed E-state index contributed by atoms with van der Waals surface area (Å²) in [7, 11) is 0. The highest BCUT2D eigenvalue weighted by molar-refractivity contribution is 5.49. The molecule has 2 aromatic rings. The molecule has 0 spiro atoms. The van der Waals surface area contributed by atoms with Crippen LogP contribution in [0.15, 0.2) is 66.7 Å². The van der Waals surface area contributed by atoms with Crippen LogP contribution in [0.25, 0.3) is 6.08 Å². The van der Waals surface area contributed by atoms with E-state index in [1.54, 1.807) is 6.08 Å². The predicted octanol–water partition coefficient (Wildman–Crippen LogP) is 3.23. The number of rotatable bonds is 6. The first-order valence-electron chi connectivity index (χ1n) is 6.88. The van der Waals surface area contributed by atoms with Crippen molar-refractivity contribution in [3.8, 4) is 0 Å². The van der Waals surface area contributed by atoms with E-state index >= 15 is 0 Å². The molecule has 0 bridgehead atoms. The quantitative estimate of drug-likeness (QED) is 0.844. The fraction of sp³-hybridized carbons (Fsp3) is 0.222. The maximum Gasteiger partial charge on any atom is 0.0793 e. The van der Waals surface area contributed by atoms with E-state index in [1.165, 1.54) is 0 Å². The summed E-state index contributed by atoms with van der Waals surface area (Å²) in [6, 6.07) is 19.7. The lowest BCUT2D eigenvalue weighted by Crippen LogP contribution is -2.17. The van der Waals surface area contributed by atoms with E-state index in [9.17, 15) is 10.2 Å². The molecule has 0 aliphatic rings. The fourth-order valence-corrected chi connectivity index (χ4v) is 2.28. The Kier molecular flexibility index (Phi) is 5.54. The van der Waals surface area contributed by atoms with Gasteiger partial charge in [0, 0.05) is 12.5 Å². The summed E-state index contributed by atoms with van der Waals surface area (Å²) >= 11 is 0. The second-order valence-electron chi connectivity index (χ2n) is 4.79. The number of aliphatic hydroxyl groups excluding tert-OH is 2. The molecule has 20 heavy (non-hydrogen) atoms. The third-order valence-electron chi connectivity index (χ3n) is 3.37. The monoisotopic (exact) mass is 268 g/mol. The first kappa shape index (κ1) is 14.5. The van der Waals surface area contributed by atoms with Gasteiger partial charge in [-0.15, -0.1) is 0 Å². The number of hydrogen-bond acceptors (Lipinski definition) is 2. The van der Waals surface area contributed by atoms with Gasteiger partial charge in [-0.25, -0.2) is 0 Å². The Balaban J connectivity index is 2.11. The lowest BCUT2D eigenvalue weighted by Gasteiger charge is -2.20. The molecule has 0 heterocycles. The molecule has 2 aromatic carbocycles. The van der Waals surface area contributed by atoms with Crippen LogP contribution in [0.1, 0.15) is 23.5 Å². The Bertz CT molecular complexity index is 520. The zero-order valence-electron chi connectivity index (χ0n) is 11.4. The number of hydrogen-bond donors (Lipinski definition) is 2. The smallest absolute Gasteiger partial charge is 0.0793 e. The minimum atomic E-state index is -0.607. The summed E-state index contributed by atoms with van der Waals surface area (Å²) in [5.41, 5.74) is 2.11. The van der Waals surface area contributed by atoms with Crippen molar-refractivity contribution in [1.82, 2.24) is 0 Å². The molecular formula is C18H20O2. The Labute approximate surface area is 120 Å². The van der Waals surface area contributed by atoms with Crippen LogP contribution in [0.4, 0.5) is 0 Å². The van der Waals surface area contributed by atoms with Crippen molar-refractivity contribution in [2.45, 2.75) is 18.4 Å². The van der Waals surface area contributed by atoms with E-state index in [1.807, 2.05) is 66.7 Å². The first-order valence-corrected chi connectivity index (χ1v) is 6.88. The molecular weight excluding hydrogens is 248 g/mol. The normalized spacial score (nSPS) is 14.3. The molecule has 0 saturated carbocycles. The van der Waals surface area contributed by atoms with Gasteiger partial charge in [0.25, 0.3) is 0 Å². The van der Waals surface area contributed by atoms with Crippen molar-refractivity contribution in [1.29, 1.82) is 0 Å². The van der Waals surface area contributed by atoms with Crippen molar-refractivity contribution >= 4 is 6.08 Å². The van der Waals surface area contributed by atoms with Gasteiger partial charge < -0.3 is 10.2 Å². The topological polar surface area (TPSA) is 40.5 Å². The highest BCUT2D eigenvalue weighted by Gasteiger charge is 2.18. The summed E-state index contributed by atoms with van der Waals surface area (Å²) in [6.45, 7) is 0.0653. The van der Waals surface area contributed by atoms with Crippen LogP contribution in [-0.4, -0.2) is 22.9 Å². The van der Waals surface area contributed by atoms with Crippen molar-refractivity contribution in [2.75, 3.05) is 6.61 Å². The van der Waals surface area contributed by atoms with E-state index in [2.05, 4.69) is 0 Å². The summed E-state index contributed by atoms with van der Waals surface area (Å²) in [5, 5.41) is 19.6. The van der Waals surface area contributed by atoms with Gasteiger partial charge in [0.2, 0.25) is 0 Å². The Morgan fingerprint density at radius 3 is 2.10 bits per heavy atom. The molecule has 0 aliphatic carbocycles. The molecule has 0 radical (unpaired) electrons. The minimum absolute atomic E-state index is 0.0653. The van der Waals surface area contributed by atoms with Crippen molar-refractivity contribution in [2.24, 2.45) is 0 Å². The molecule has 0 fully saturated rings. The molecule has 0 aliphatic heterocycles. The van der Waals surface area contributed by atoms with E-state index in [-0.39, 0.29) is 12.5 Å². The van der Waals surface area contributed by atoms with Crippen LogP contribution in [0.5, 0.6) is 0 Å². The maximum atomic E-state index is 10.4. The first-order chi connectivity index (χ1) is 9.81. The second-order valence-corrected chi connectivity index (χ2v) is 4.79. The van der Waals surface area contributed by atoms with E-state index < -0.39 is 6.10 Å². The van der Waals surface area contributed by atoms with Gasteiger partial charge in [-0.1, -0.05) is 72.8 Å². The van der Waals surface area contributed by atoms with Gasteiger partial charge in [0.05, 0.1) is 6.10 Å². The zero-order valence-corrected chi connectivity index (χ0v) is 11.4. The van der Waals surface area contributed by atoms with Gasteiger partial charge in [0.1, 0.15) is 0 Å². The summed E-state index contributed by atoms with van der Waals surface area (Å²) in [6.07, 6.45) is 3.65. The molecule has 0 aromatic heterocycles. The number of aliphatic hydroxyl groups is 2. The summed E-state index contributed by atoms with van der Waals surface area (Å²) < 4.78 is 0. The average molecular weight is 268 g/mol. The van der Waals surface area contributed by atoms with Gasteiger partial charge in [0.15, 0.2) is 0 Å². The molecule has 0 saturated heterocycles. The largest absolute Gasteiger partial charge is 0.396 e. The second kappa shape index (κ2) is 7.63. The van der Waals surface area contributed by atoms with Gasteiger partial charge in [-0.2, -0.15) is 0 Å². The summed E-state index contributed by atoms with van der Waals surface area (Å²) in [4.78, 5) is 0. The van der Waals surface area contributed by atoms with Crippen LogP contribution in [0.3, 0.4) is 0 Å². The Morgan fingerprint density at radius 1 is 0.900 bits per heavy atom. The Morgan fingerprint density at radius 2 is 1.50 bits per heavy atom. The molecule has 2 rings (SSSR count). The predicted molar refractivity (Wildman–Crippen MR) is 82.4 cm³/mol. The van der Waals surface area contributed by atoms with Crippen LogP contribution in [-0.2, 0) is 0 Å². The van der Waals surface area contributed by atoms with Crippen LogP contribution >= 0.6 is 0 Å². The maximum absolute atomic E-state index is 10.4. The van der Waals surface area contributed by atoms with E-state index in [0.717, 1.165) is 11.1 Å². The fourth-order valence-electron chi connectivity index (χ4n) is 2.28. The third-order valence-corrected chi connectivity index (χ3v) is 3.37. The molecule has 2 atom stereocenters. The SMILES string of the molecule is OCCC(c1ccccc1)C(O)/C=C/c1ccccc1. The van der Waals surface area contributed by atoms with Crippen LogP contribution in [0.2, 0.25) is 0 Å².